The Labute approximate surface area is 183 Å². The number of hydrogen-bond acceptors (Lipinski definition) is 6. The molecule has 5 nitrogen and oxygen atoms in total. The number of nitrogens with one attached hydrogen (secondary N) is 1. The number of esters is 1. The van der Waals surface area contributed by atoms with Gasteiger partial charge in [-0.2, -0.15) is 0 Å². The second-order valence-electron chi connectivity index (χ2n) is 7.31. The van der Waals surface area contributed by atoms with Gasteiger partial charge in [-0.25, -0.2) is 4.79 Å². The summed E-state index contributed by atoms with van der Waals surface area (Å²) in [4.78, 5) is 26.8. The number of rotatable bonds is 6. The average molecular weight is 442 g/mol. The molecule has 1 aliphatic rings. The predicted octanol–water partition coefficient (Wildman–Crippen LogP) is 5.53. The molecule has 0 saturated carbocycles. The number of hydrogen-bond donors (Lipinski definition) is 1. The molecule has 1 aromatic carbocycles. The molecule has 7 heteroatoms. The number of aryl methyl sites for hydroxylation is 2. The summed E-state index contributed by atoms with van der Waals surface area (Å²) in [5.41, 5.74) is 4.77. The van der Waals surface area contributed by atoms with Gasteiger partial charge in [0.05, 0.1) is 17.6 Å². The molecular formula is C23H23NO4S2. The molecule has 1 N–H and O–H groups in total. The summed E-state index contributed by atoms with van der Waals surface area (Å²) in [5, 5.41) is 5.43. The first-order chi connectivity index (χ1) is 14.5. The van der Waals surface area contributed by atoms with Gasteiger partial charge in [-0.05, 0) is 67.3 Å². The summed E-state index contributed by atoms with van der Waals surface area (Å²) in [6.45, 7) is 4.49. The highest BCUT2D eigenvalue weighted by atomic mass is 32.1. The highest BCUT2D eigenvalue weighted by Crippen LogP contribution is 2.39. The third kappa shape index (κ3) is 4.00. The number of carbonyl (C=O) groups excluding carboxylic acids is 2. The van der Waals surface area contributed by atoms with Crippen molar-refractivity contribution in [1.82, 2.24) is 0 Å². The Balaban J connectivity index is 1.46. The Kier molecular flexibility index (Phi) is 5.92. The molecule has 0 spiro atoms. The van der Waals surface area contributed by atoms with Crippen LogP contribution in [0.2, 0.25) is 0 Å². The first-order valence-corrected chi connectivity index (χ1v) is 11.5. The molecule has 156 valence electrons. The number of thiophene rings is 2. The molecule has 30 heavy (non-hydrogen) atoms. The summed E-state index contributed by atoms with van der Waals surface area (Å²) < 4.78 is 10.9. The zero-order chi connectivity index (χ0) is 21.3. The Morgan fingerprint density at radius 2 is 2.03 bits per heavy atom. The SMILES string of the molecule is COC(=O)c1c(NC(=O)c2cc(COc3cccc(C)c3C)cs2)sc2c1CCC2. The number of anilines is 1. The number of amides is 1. The molecule has 2 heterocycles. The molecule has 2 aromatic heterocycles. The Morgan fingerprint density at radius 1 is 1.20 bits per heavy atom. The van der Waals surface area contributed by atoms with Crippen LogP contribution >= 0.6 is 22.7 Å². The third-order valence-electron chi connectivity index (χ3n) is 5.36. The fraction of sp³-hybridized carbons (Fsp3) is 0.304. The van der Waals surface area contributed by atoms with Crippen molar-refractivity contribution in [2.45, 2.75) is 39.7 Å². The molecule has 3 aromatic rings. The smallest absolute Gasteiger partial charge is 0.341 e. The van der Waals surface area contributed by atoms with Gasteiger partial charge in [-0.3, -0.25) is 4.79 Å². The molecule has 0 bridgehead atoms. The van der Waals surface area contributed by atoms with E-state index in [1.807, 2.05) is 30.5 Å². The van der Waals surface area contributed by atoms with Gasteiger partial charge in [0.2, 0.25) is 0 Å². The third-order valence-corrected chi connectivity index (χ3v) is 7.55. The van der Waals surface area contributed by atoms with Crippen LogP contribution in [0.4, 0.5) is 5.00 Å². The lowest BCUT2D eigenvalue weighted by molar-refractivity contribution is 0.0601. The Morgan fingerprint density at radius 3 is 2.83 bits per heavy atom. The molecule has 0 radical (unpaired) electrons. The van der Waals surface area contributed by atoms with Gasteiger partial charge in [0.1, 0.15) is 17.4 Å². The topological polar surface area (TPSA) is 64.6 Å². The Bertz CT molecular complexity index is 1110. The summed E-state index contributed by atoms with van der Waals surface area (Å²) >= 11 is 2.85. The predicted molar refractivity (Wildman–Crippen MR) is 120 cm³/mol. The fourth-order valence-corrected chi connectivity index (χ4v) is 5.65. The van der Waals surface area contributed by atoms with Crippen molar-refractivity contribution in [3.8, 4) is 5.75 Å². The van der Waals surface area contributed by atoms with E-state index in [4.69, 9.17) is 9.47 Å². The van der Waals surface area contributed by atoms with Gasteiger partial charge in [-0.15, -0.1) is 22.7 Å². The van der Waals surface area contributed by atoms with Crippen molar-refractivity contribution in [3.05, 3.63) is 67.2 Å². The molecular weight excluding hydrogens is 418 g/mol. The van der Waals surface area contributed by atoms with Crippen molar-refractivity contribution in [2.24, 2.45) is 0 Å². The lowest BCUT2D eigenvalue weighted by atomic mass is 10.1. The highest BCUT2D eigenvalue weighted by molar-refractivity contribution is 7.17. The van der Waals surface area contributed by atoms with Crippen LogP contribution in [0.25, 0.3) is 0 Å². The van der Waals surface area contributed by atoms with E-state index < -0.39 is 5.97 Å². The van der Waals surface area contributed by atoms with Gasteiger partial charge in [0.25, 0.3) is 5.91 Å². The van der Waals surface area contributed by atoms with Crippen LogP contribution in [-0.4, -0.2) is 19.0 Å². The number of fused-ring (bicyclic) bond motifs is 1. The zero-order valence-electron chi connectivity index (χ0n) is 17.2. The van der Waals surface area contributed by atoms with E-state index in [1.165, 1.54) is 40.2 Å². The van der Waals surface area contributed by atoms with Crippen LogP contribution in [-0.2, 0) is 24.2 Å². The maximum absolute atomic E-state index is 12.8. The van der Waals surface area contributed by atoms with E-state index in [0.29, 0.717) is 22.0 Å². The summed E-state index contributed by atoms with van der Waals surface area (Å²) in [6.07, 6.45) is 2.83. The number of benzene rings is 1. The monoisotopic (exact) mass is 441 g/mol. The number of ether oxygens (including phenoxy) is 2. The van der Waals surface area contributed by atoms with Crippen LogP contribution in [0.5, 0.6) is 5.75 Å². The van der Waals surface area contributed by atoms with Crippen molar-refractivity contribution in [3.63, 3.8) is 0 Å². The van der Waals surface area contributed by atoms with Crippen molar-refractivity contribution < 1.29 is 19.1 Å². The van der Waals surface area contributed by atoms with Crippen LogP contribution in [0.3, 0.4) is 0 Å². The molecule has 1 amide bonds. The standard InChI is InChI=1S/C23H23NO4S2/c1-13-6-4-8-17(14(13)2)28-11-15-10-19(29-12-15)21(25)24-22-20(23(26)27-3)16-7-5-9-18(16)30-22/h4,6,8,10,12H,5,7,9,11H2,1-3H3,(H,24,25). The van der Waals surface area contributed by atoms with E-state index in [1.54, 1.807) is 0 Å². The van der Waals surface area contributed by atoms with E-state index >= 15 is 0 Å². The minimum atomic E-state index is -0.390. The number of carbonyl (C=O) groups is 2. The molecule has 0 fully saturated rings. The summed E-state index contributed by atoms with van der Waals surface area (Å²) in [6, 6.07) is 7.82. The first kappa shape index (κ1) is 20.6. The van der Waals surface area contributed by atoms with E-state index in [0.717, 1.165) is 41.7 Å². The minimum absolute atomic E-state index is 0.219. The number of methoxy groups -OCH3 is 1. The molecule has 0 atom stereocenters. The molecule has 0 unspecified atom stereocenters. The quantitative estimate of drug-likeness (QED) is 0.511. The van der Waals surface area contributed by atoms with E-state index in [-0.39, 0.29) is 5.91 Å². The molecule has 0 saturated heterocycles. The minimum Gasteiger partial charge on any atom is -0.489 e. The zero-order valence-corrected chi connectivity index (χ0v) is 18.8. The van der Waals surface area contributed by atoms with Gasteiger partial charge < -0.3 is 14.8 Å². The van der Waals surface area contributed by atoms with E-state index in [2.05, 4.69) is 18.3 Å². The highest BCUT2D eigenvalue weighted by Gasteiger charge is 2.28. The van der Waals surface area contributed by atoms with Crippen LogP contribution < -0.4 is 10.1 Å². The van der Waals surface area contributed by atoms with E-state index in [9.17, 15) is 9.59 Å². The van der Waals surface area contributed by atoms with Crippen LogP contribution in [0, 0.1) is 13.8 Å². The summed E-state index contributed by atoms with van der Waals surface area (Å²) in [7, 11) is 1.37. The second-order valence-corrected chi connectivity index (χ2v) is 9.33. The van der Waals surface area contributed by atoms with Crippen LogP contribution in [0.15, 0.2) is 29.6 Å². The fourth-order valence-electron chi connectivity index (χ4n) is 3.59. The van der Waals surface area contributed by atoms with Crippen molar-refractivity contribution >= 4 is 39.6 Å². The molecule has 0 aliphatic heterocycles. The lowest BCUT2D eigenvalue weighted by Crippen LogP contribution is -2.13. The first-order valence-electron chi connectivity index (χ1n) is 9.78. The molecule has 1 aliphatic carbocycles. The van der Waals surface area contributed by atoms with Gasteiger partial charge >= 0.3 is 5.97 Å². The molecule has 4 rings (SSSR count). The Hall–Kier alpha value is -2.64. The average Bonchev–Trinajstić information content (AvgIpc) is 3.44. The second kappa shape index (κ2) is 8.62. The normalized spacial score (nSPS) is 12.5. The van der Waals surface area contributed by atoms with Crippen LogP contribution in [0.1, 0.15) is 53.6 Å². The van der Waals surface area contributed by atoms with Crippen molar-refractivity contribution in [2.75, 3.05) is 12.4 Å². The van der Waals surface area contributed by atoms with Gasteiger partial charge in [0.15, 0.2) is 0 Å². The maximum Gasteiger partial charge on any atom is 0.341 e. The maximum atomic E-state index is 12.8. The van der Waals surface area contributed by atoms with Gasteiger partial charge in [-0.1, -0.05) is 12.1 Å². The lowest BCUT2D eigenvalue weighted by Gasteiger charge is -2.09. The van der Waals surface area contributed by atoms with Gasteiger partial charge in [0, 0.05) is 10.4 Å². The largest absolute Gasteiger partial charge is 0.489 e. The summed E-state index contributed by atoms with van der Waals surface area (Å²) in [5.74, 6) is 0.240. The van der Waals surface area contributed by atoms with Crippen molar-refractivity contribution in [1.29, 1.82) is 0 Å².